The average Bonchev–Trinajstić information content (AvgIpc) is 3.20. The molecule has 2 aromatic rings. The Morgan fingerprint density at radius 1 is 1.45 bits per heavy atom. The van der Waals surface area contributed by atoms with Crippen molar-refractivity contribution in [2.24, 2.45) is 5.92 Å². The summed E-state index contributed by atoms with van der Waals surface area (Å²) in [4.78, 5) is 11.4. The summed E-state index contributed by atoms with van der Waals surface area (Å²) in [6.07, 6.45) is 5.34. The zero-order chi connectivity index (χ0) is 15.2. The number of aromatic nitrogens is 3. The largest absolute Gasteiger partial charge is 0.493 e. The molecule has 2 atom stereocenters. The summed E-state index contributed by atoms with van der Waals surface area (Å²) >= 11 is 0. The van der Waals surface area contributed by atoms with Gasteiger partial charge in [-0.3, -0.25) is 0 Å². The molecule has 6 nitrogen and oxygen atoms in total. The Labute approximate surface area is 129 Å². The van der Waals surface area contributed by atoms with E-state index in [1.165, 1.54) is 12.8 Å². The summed E-state index contributed by atoms with van der Waals surface area (Å²) in [6, 6.07) is 3.86. The smallest absolute Gasteiger partial charge is 0.234 e. The molecule has 1 aliphatic heterocycles. The minimum atomic E-state index is -0.0240. The van der Waals surface area contributed by atoms with Gasteiger partial charge in [0.25, 0.3) is 0 Å². The summed E-state index contributed by atoms with van der Waals surface area (Å²) in [5, 5.41) is 4.00. The highest BCUT2D eigenvalue weighted by Crippen LogP contribution is 2.51. The Morgan fingerprint density at radius 3 is 3.14 bits per heavy atom. The van der Waals surface area contributed by atoms with Gasteiger partial charge in [-0.25, -0.2) is 4.98 Å². The molecule has 4 rings (SSSR count). The van der Waals surface area contributed by atoms with Crippen LogP contribution in [0.15, 0.2) is 22.9 Å². The third-order valence-corrected chi connectivity index (χ3v) is 5.09. The number of hydrogen-bond donors (Lipinski definition) is 0. The van der Waals surface area contributed by atoms with E-state index in [-0.39, 0.29) is 5.41 Å². The lowest BCUT2D eigenvalue weighted by Gasteiger charge is -2.25. The second-order valence-corrected chi connectivity index (χ2v) is 6.30. The Morgan fingerprint density at radius 2 is 2.36 bits per heavy atom. The molecule has 1 aliphatic carbocycles. The molecule has 1 saturated heterocycles. The maximum atomic E-state index is 5.55. The number of methoxy groups -OCH3 is 1. The van der Waals surface area contributed by atoms with E-state index in [1.807, 2.05) is 25.3 Å². The highest BCUT2D eigenvalue weighted by molar-refractivity contribution is 5.54. The Bertz CT molecular complexity index is 686. The maximum absolute atomic E-state index is 5.55. The topological polar surface area (TPSA) is 64.3 Å². The minimum Gasteiger partial charge on any atom is -0.493 e. The molecule has 1 saturated carbocycles. The van der Waals surface area contributed by atoms with Crippen molar-refractivity contribution >= 4 is 5.82 Å². The van der Waals surface area contributed by atoms with Crippen molar-refractivity contribution in [1.29, 1.82) is 0 Å². The van der Waals surface area contributed by atoms with Crippen molar-refractivity contribution in [2.75, 3.05) is 25.1 Å². The Kier molecular flexibility index (Phi) is 3.06. The average molecular weight is 300 g/mol. The number of fused-ring (bicyclic) bond motifs is 1. The second-order valence-electron chi connectivity index (χ2n) is 6.30. The molecule has 0 amide bonds. The quantitative estimate of drug-likeness (QED) is 0.867. The molecule has 6 heteroatoms. The highest BCUT2D eigenvalue weighted by Gasteiger charge is 2.54. The molecule has 0 bridgehead atoms. The van der Waals surface area contributed by atoms with Crippen LogP contribution in [0.5, 0.6) is 5.75 Å². The van der Waals surface area contributed by atoms with Crippen molar-refractivity contribution in [3.8, 4) is 5.75 Å². The summed E-state index contributed by atoms with van der Waals surface area (Å²) in [5.74, 6) is 3.78. The van der Waals surface area contributed by atoms with E-state index in [0.717, 1.165) is 37.0 Å². The summed E-state index contributed by atoms with van der Waals surface area (Å²) in [7, 11) is 1.69. The summed E-state index contributed by atoms with van der Waals surface area (Å²) in [6.45, 7) is 3.71. The monoisotopic (exact) mass is 300 g/mol. The van der Waals surface area contributed by atoms with Gasteiger partial charge in [-0.15, -0.1) is 0 Å². The predicted molar refractivity (Wildman–Crippen MR) is 81.1 cm³/mol. The predicted octanol–water partition coefficient (Wildman–Crippen LogP) is 2.34. The Balaban J connectivity index is 1.70. The van der Waals surface area contributed by atoms with Crippen molar-refractivity contribution in [1.82, 2.24) is 15.1 Å². The molecule has 22 heavy (non-hydrogen) atoms. The lowest BCUT2D eigenvalue weighted by molar-refractivity contribution is 0.265. The van der Waals surface area contributed by atoms with E-state index >= 15 is 0 Å². The molecule has 0 spiro atoms. The molecule has 116 valence electrons. The van der Waals surface area contributed by atoms with Gasteiger partial charge in [-0.05, 0) is 37.8 Å². The van der Waals surface area contributed by atoms with Gasteiger partial charge >= 0.3 is 0 Å². The van der Waals surface area contributed by atoms with E-state index in [2.05, 4.69) is 20.0 Å². The van der Waals surface area contributed by atoms with Crippen LogP contribution < -0.4 is 9.64 Å². The lowest BCUT2D eigenvalue weighted by atomic mass is 9.80. The van der Waals surface area contributed by atoms with Gasteiger partial charge < -0.3 is 14.2 Å². The number of aryl methyl sites for hydroxylation is 1. The van der Waals surface area contributed by atoms with Crippen LogP contribution in [0.4, 0.5) is 5.82 Å². The van der Waals surface area contributed by atoms with E-state index < -0.39 is 0 Å². The maximum Gasteiger partial charge on any atom is 0.234 e. The van der Waals surface area contributed by atoms with Gasteiger partial charge in [0.15, 0.2) is 17.4 Å². The fraction of sp³-hybridized carbons (Fsp3) is 0.562. The third-order valence-electron chi connectivity index (χ3n) is 5.09. The van der Waals surface area contributed by atoms with Crippen molar-refractivity contribution < 1.29 is 9.26 Å². The first-order valence-corrected chi connectivity index (χ1v) is 7.78. The van der Waals surface area contributed by atoms with E-state index in [0.29, 0.717) is 11.7 Å². The SMILES string of the molecule is COc1cccnc1N1C[C@@H]2CCC[C@]2(c2nc(C)no2)C1. The number of nitrogens with zero attached hydrogens (tertiary/aromatic N) is 4. The molecular weight excluding hydrogens is 280 g/mol. The molecular formula is C16H20N4O2. The molecule has 0 aromatic carbocycles. The zero-order valence-corrected chi connectivity index (χ0v) is 13.0. The lowest BCUT2D eigenvalue weighted by Crippen LogP contribution is -2.32. The van der Waals surface area contributed by atoms with Crippen molar-refractivity contribution in [2.45, 2.75) is 31.6 Å². The van der Waals surface area contributed by atoms with Gasteiger partial charge in [-0.2, -0.15) is 4.98 Å². The second kappa shape index (κ2) is 4.97. The number of ether oxygens (including phenoxy) is 1. The van der Waals surface area contributed by atoms with Gasteiger partial charge in [0.2, 0.25) is 5.89 Å². The number of rotatable bonds is 3. The van der Waals surface area contributed by atoms with Crippen molar-refractivity contribution in [3.63, 3.8) is 0 Å². The molecule has 0 N–H and O–H groups in total. The summed E-state index contributed by atoms with van der Waals surface area (Å²) < 4.78 is 11.0. The normalized spacial score (nSPS) is 27.2. The first-order chi connectivity index (χ1) is 10.7. The van der Waals surface area contributed by atoms with Gasteiger partial charge in [-0.1, -0.05) is 11.6 Å². The number of hydrogen-bond acceptors (Lipinski definition) is 6. The minimum absolute atomic E-state index is 0.0240. The first-order valence-electron chi connectivity index (χ1n) is 7.78. The van der Waals surface area contributed by atoms with Gasteiger partial charge in [0.1, 0.15) is 0 Å². The first kappa shape index (κ1) is 13.5. The third kappa shape index (κ3) is 1.90. The van der Waals surface area contributed by atoms with Crippen LogP contribution in [0.3, 0.4) is 0 Å². The standard InChI is InChI=1S/C16H20N4O2/c1-11-18-15(22-19-11)16-7-3-5-12(16)9-20(10-16)14-13(21-2)6-4-8-17-14/h4,6,8,12H,3,5,7,9-10H2,1-2H3/t12-,16-/m0/s1. The number of pyridine rings is 1. The van der Waals surface area contributed by atoms with E-state index in [1.54, 1.807) is 7.11 Å². The highest BCUT2D eigenvalue weighted by atomic mass is 16.5. The molecule has 3 heterocycles. The fourth-order valence-electron chi connectivity index (χ4n) is 4.08. The molecule has 2 fully saturated rings. The summed E-state index contributed by atoms with van der Waals surface area (Å²) in [5.41, 5.74) is -0.0240. The Hall–Kier alpha value is -2.11. The van der Waals surface area contributed by atoms with Crippen LogP contribution in [0.1, 0.15) is 31.0 Å². The molecule has 0 unspecified atom stereocenters. The van der Waals surface area contributed by atoms with Crippen LogP contribution in [0.2, 0.25) is 0 Å². The molecule has 2 aromatic heterocycles. The van der Waals surface area contributed by atoms with Gasteiger partial charge in [0, 0.05) is 19.3 Å². The van der Waals surface area contributed by atoms with Crippen LogP contribution in [0, 0.1) is 12.8 Å². The van der Waals surface area contributed by atoms with Crippen molar-refractivity contribution in [3.05, 3.63) is 30.0 Å². The van der Waals surface area contributed by atoms with Crippen LogP contribution >= 0.6 is 0 Å². The molecule has 0 radical (unpaired) electrons. The van der Waals surface area contributed by atoms with E-state index in [9.17, 15) is 0 Å². The van der Waals surface area contributed by atoms with Gasteiger partial charge in [0.05, 0.1) is 12.5 Å². The van der Waals surface area contributed by atoms with Crippen LogP contribution in [-0.2, 0) is 5.41 Å². The molecule has 2 aliphatic rings. The van der Waals surface area contributed by atoms with Crippen LogP contribution in [0.25, 0.3) is 0 Å². The van der Waals surface area contributed by atoms with Crippen LogP contribution in [-0.4, -0.2) is 35.3 Å². The fourth-order valence-corrected chi connectivity index (χ4v) is 4.08. The zero-order valence-electron chi connectivity index (χ0n) is 13.0. The van der Waals surface area contributed by atoms with E-state index in [4.69, 9.17) is 9.26 Å². The number of anilines is 1.